The molecule has 0 saturated carbocycles. The van der Waals surface area contributed by atoms with E-state index in [9.17, 15) is 0 Å². The van der Waals surface area contributed by atoms with Gasteiger partial charge in [-0.15, -0.1) is 0 Å². The molecule has 2 aromatic heterocycles. The van der Waals surface area contributed by atoms with E-state index in [-0.39, 0.29) is 6.04 Å². The Balaban J connectivity index is 2.48. The van der Waals surface area contributed by atoms with Crippen LogP contribution in [0.4, 0.5) is 0 Å². The van der Waals surface area contributed by atoms with E-state index in [4.69, 9.17) is 0 Å². The highest BCUT2D eigenvalue weighted by Crippen LogP contribution is 2.27. The Hall–Kier alpha value is -1.27. The Morgan fingerprint density at radius 1 is 1.42 bits per heavy atom. The molecule has 0 aliphatic rings. The quantitative estimate of drug-likeness (QED) is 0.918. The zero-order chi connectivity index (χ0) is 13.8. The van der Waals surface area contributed by atoms with Crippen LogP contribution in [0.25, 0.3) is 0 Å². The van der Waals surface area contributed by atoms with E-state index in [0.29, 0.717) is 0 Å². The van der Waals surface area contributed by atoms with Crippen LogP contribution >= 0.6 is 15.9 Å². The summed E-state index contributed by atoms with van der Waals surface area (Å²) in [6.07, 6.45) is 3.62. The maximum absolute atomic E-state index is 4.53. The molecule has 0 saturated heterocycles. The highest BCUT2D eigenvalue weighted by Gasteiger charge is 2.22. The molecule has 0 aliphatic heterocycles. The Kier molecular flexibility index (Phi) is 4.66. The van der Waals surface area contributed by atoms with Crippen LogP contribution in [0, 0.1) is 6.92 Å². The van der Waals surface area contributed by atoms with Crippen molar-refractivity contribution in [2.24, 2.45) is 0 Å². The number of halogens is 1. The molecule has 2 heterocycles. The van der Waals surface area contributed by atoms with Crippen LogP contribution in [-0.2, 0) is 6.54 Å². The van der Waals surface area contributed by atoms with Gasteiger partial charge in [0.15, 0.2) is 0 Å². The van der Waals surface area contributed by atoms with E-state index in [1.807, 2.05) is 23.9 Å². The van der Waals surface area contributed by atoms with Crippen LogP contribution in [0.15, 0.2) is 22.9 Å². The molecule has 6 heteroatoms. The van der Waals surface area contributed by atoms with Gasteiger partial charge in [-0.3, -0.25) is 4.68 Å². The van der Waals surface area contributed by atoms with Crippen molar-refractivity contribution in [1.29, 1.82) is 0 Å². The van der Waals surface area contributed by atoms with Gasteiger partial charge in [0.1, 0.15) is 5.82 Å². The predicted molar refractivity (Wildman–Crippen MR) is 77.9 cm³/mol. The van der Waals surface area contributed by atoms with E-state index < -0.39 is 0 Å². The third-order valence-corrected chi connectivity index (χ3v) is 3.52. The van der Waals surface area contributed by atoms with E-state index in [0.717, 1.165) is 34.8 Å². The first kappa shape index (κ1) is 14.1. The normalized spacial score (nSPS) is 12.6. The molecule has 0 radical (unpaired) electrons. The summed E-state index contributed by atoms with van der Waals surface area (Å²) < 4.78 is 2.98. The Labute approximate surface area is 121 Å². The summed E-state index contributed by atoms with van der Waals surface area (Å²) in [6, 6.07) is 1.96. The number of aryl methyl sites for hydroxylation is 2. The van der Waals surface area contributed by atoms with Crippen molar-refractivity contribution in [3.63, 3.8) is 0 Å². The van der Waals surface area contributed by atoms with Gasteiger partial charge in [-0.05, 0) is 42.4 Å². The molecule has 0 fully saturated rings. The van der Waals surface area contributed by atoms with Crippen LogP contribution < -0.4 is 5.32 Å². The molecule has 0 aliphatic carbocycles. The maximum atomic E-state index is 4.53. The van der Waals surface area contributed by atoms with Gasteiger partial charge in [0.25, 0.3) is 0 Å². The molecule has 2 aromatic rings. The molecule has 1 N–H and O–H groups in total. The Bertz CT molecular complexity index is 552. The molecule has 0 bridgehead atoms. The SMILES string of the molecule is CCNC(c1ccnc(C)n1)c1c(Br)cnn1CC. The topological polar surface area (TPSA) is 55.6 Å². The van der Waals surface area contributed by atoms with Crippen molar-refractivity contribution in [1.82, 2.24) is 25.1 Å². The lowest BCUT2D eigenvalue weighted by atomic mass is 10.1. The Morgan fingerprint density at radius 3 is 2.84 bits per heavy atom. The first-order chi connectivity index (χ1) is 9.17. The first-order valence-corrected chi connectivity index (χ1v) is 7.20. The van der Waals surface area contributed by atoms with Crippen molar-refractivity contribution in [3.8, 4) is 0 Å². The largest absolute Gasteiger partial charge is 0.304 e. The van der Waals surface area contributed by atoms with Crippen LogP contribution in [0.2, 0.25) is 0 Å². The highest BCUT2D eigenvalue weighted by molar-refractivity contribution is 9.10. The van der Waals surface area contributed by atoms with Crippen molar-refractivity contribution in [2.75, 3.05) is 6.54 Å². The maximum Gasteiger partial charge on any atom is 0.125 e. The molecule has 5 nitrogen and oxygen atoms in total. The number of rotatable bonds is 5. The van der Waals surface area contributed by atoms with Gasteiger partial charge in [0, 0.05) is 12.7 Å². The van der Waals surface area contributed by atoms with Gasteiger partial charge in [0.05, 0.1) is 28.1 Å². The lowest BCUT2D eigenvalue weighted by molar-refractivity contribution is 0.531. The minimum Gasteiger partial charge on any atom is -0.304 e. The summed E-state index contributed by atoms with van der Waals surface area (Å²) in [5, 5.41) is 7.83. The zero-order valence-corrected chi connectivity index (χ0v) is 13.0. The molecule has 0 spiro atoms. The molecule has 0 amide bonds. The standard InChI is InChI=1S/C13H18BrN5/c1-4-15-12(11-6-7-16-9(3)18-11)13-10(14)8-17-19(13)5-2/h6-8,12,15H,4-5H2,1-3H3. The molecular formula is C13H18BrN5. The molecule has 102 valence electrons. The Morgan fingerprint density at radius 2 is 2.21 bits per heavy atom. The second kappa shape index (κ2) is 6.25. The average Bonchev–Trinajstić information content (AvgIpc) is 2.77. The summed E-state index contributed by atoms with van der Waals surface area (Å²) in [5.74, 6) is 0.777. The predicted octanol–water partition coefficient (Wildman–Crippen LogP) is 2.46. The van der Waals surface area contributed by atoms with E-state index in [1.165, 1.54) is 0 Å². The fourth-order valence-electron chi connectivity index (χ4n) is 2.09. The third kappa shape index (κ3) is 3.01. The third-order valence-electron chi connectivity index (χ3n) is 2.91. The lowest BCUT2D eigenvalue weighted by Crippen LogP contribution is -2.26. The summed E-state index contributed by atoms with van der Waals surface area (Å²) in [6.45, 7) is 7.75. The van der Waals surface area contributed by atoms with E-state index in [1.54, 1.807) is 6.20 Å². The fourth-order valence-corrected chi connectivity index (χ4v) is 2.62. The summed E-state index contributed by atoms with van der Waals surface area (Å²) in [7, 11) is 0. The number of hydrogen-bond acceptors (Lipinski definition) is 4. The van der Waals surface area contributed by atoms with Gasteiger partial charge in [0.2, 0.25) is 0 Å². The van der Waals surface area contributed by atoms with Crippen LogP contribution in [0.3, 0.4) is 0 Å². The first-order valence-electron chi connectivity index (χ1n) is 6.41. The second-order valence-electron chi connectivity index (χ2n) is 4.21. The van der Waals surface area contributed by atoms with Crippen molar-refractivity contribution >= 4 is 15.9 Å². The minimum absolute atomic E-state index is 0.0172. The van der Waals surface area contributed by atoms with Crippen LogP contribution in [0.1, 0.15) is 37.1 Å². The lowest BCUT2D eigenvalue weighted by Gasteiger charge is -2.19. The molecule has 1 unspecified atom stereocenters. The van der Waals surface area contributed by atoms with Crippen LogP contribution in [-0.4, -0.2) is 26.3 Å². The highest BCUT2D eigenvalue weighted by atomic mass is 79.9. The van der Waals surface area contributed by atoms with Gasteiger partial charge < -0.3 is 5.32 Å². The number of hydrogen-bond donors (Lipinski definition) is 1. The number of nitrogens with one attached hydrogen (secondary N) is 1. The molecule has 19 heavy (non-hydrogen) atoms. The van der Waals surface area contributed by atoms with Crippen molar-refractivity contribution < 1.29 is 0 Å². The smallest absolute Gasteiger partial charge is 0.125 e. The van der Waals surface area contributed by atoms with Gasteiger partial charge in [-0.1, -0.05) is 6.92 Å². The van der Waals surface area contributed by atoms with E-state index >= 15 is 0 Å². The average molecular weight is 324 g/mol. The fraction of sp³-hybridized carbons (Fsp3) is 0.462. The summed E-state index contributed by atoms with van der Waals surface area (Å²) >= 11 is 3.58. The molecular weight excluding hydrogens is 306 g/mol. The van der Waals surface area contributed by atoms with Crippen molar-refractivity contribution in [2.45, 2.75) is 33.4 Å². The minimum atomic E-state index is 0.0172. The molecule has 2 rings (SSSR count). The van der Waals surface area contributed by atoms with Crippen molar-refractivity contribution in [3.05, 3.63) is 40.1 Å². The second-order valence-corrected chi connectivity index (χ2v) is 5.07. The van der Waals surface area contributed by atoms with Crippen LogP contribution in [0.5, 0.6) is 0 Å². The zero-order valence-electron chi connectivity index (χ0n) is 11.4. The van der Waals surface area contributed by atoms with Gasteiger partial charge in [-0.2, -0.15) is 5.10 Å². The molecule has 1 atom stereocenters. The number of aromatic nitrogens is 4. The van der Waals surface area contributed by atoms with Gasteiger partial charge in [-0.25, -0.2) is 9.97 Å². The summed E-state index contributed by atoms with van der Waals surface area (Å²) in [4.78, 5) is 8.68. The monoisotopic (exact) mass is 323 g/mol. The number of nitrogens with zero attached hydrogens (tertiary/aromatic N) is 4. The van der Waals surface area contributed by atoms with E-state index in [2.05, 4.69) is 50.2 Å². The van der Waals surface area contributed by atoms with Gasteiger partial charge >= 0.3 is 0 Å². The summed E-state index contributed by atoms with van der Waals surface area (Å²) in [5.41, 5.74) is 2.06. The molecule has 0 aromatic carbocycles.